The van der Waals surface area contributed by atoms with E-state index in [1.165, 1.54) is 33.6 Å². The standard InChI is InChI=1S/C30H37N/c1-9-31-27-17-13-12-16-26(27)30(7,8)28(31)21-19-22(2)18-20-24(4)29(5,6)25-15-11-10-14-23(25)3/h10-21H,4,9H2,1-3,5-8H3/b20-18+,22-19+,28-21+. The number of anilines is 1. The van der Waals surface area contributed by atoms with Crippen molar-refractivity contribution < 1.29 is 0 Å². The van der Waals surface area contributed by atoms with Gasteiger partial charge in [0.1, 0.15) is 0 Å². The number of hydrogen-bond donors (Lipinski definition) is 0. The molecular formula is C30H37N. The summed E-state index contributed by atoms with van der Waals surface area (Å²) in [5, 5.41) is 0. The van der Waals surface area contributed by atoms with E-state index >= 15 is 0 Å². The predicted octanol–water partition coefficient (Wildman–Crippen LogP) is 8.03. The molecule has 1 aliphatic heterocycles. The lowest BCUT2D eigenvalue weighted by atomic mass is 9.76. The van der Waals surface area contributed by atoms with Gasteiger partial charge in [-0.3, -0.25) is 0 Å². The average Bonchev–Trinajstić information content (AvgIpc) is 2.96. The number of benzene rings is 2. The van der Waals surface area contributed by atoms with Gasteiger partial charge >= 0.3 is 0 Å². The van der Waals surface area contributed by atoms with E-state index in [2.05, 4.69) is 133 Å². The predicted molar refractivity (Wildman–Crippen MR) is 137 cm³/mol. The van der Waals surface area contributed by atoms with Gasteiger partial charge < -0.3 is 4.90 Å². The highest BCUT2D eigenvalue weighted by Crippen LogP contribution is 2.47. The van der Waals surface area contributed by atoms with Gasteiger partial charge in [-0.15, -0.1) is 0 Å². The number of fused-ring (bicyclic) bond motifs is 1. The van der Waals surface area contributed by atoms with E-state index in [4.69, 9.17) is 0 Å². The molecule has 2 aromatic carbocycles. The molecule has 0 fully saturated rings. The van der Waals surface area contributed by atoms with Crippen molar-refractivity contribution in [1.82, 2.24) is 0 Å². The molecule has 0 bridgehead atoms. The van der Waals surface area contributed by atoms with Crippen LogP contribution in [0.2, 0.25) is 0 Å². The fraction of sp³-hybridized carbons (Fsp3) is 0.333. The molecule has 31 heavy (non-hydrogen) atoms. The topological polar surface area (TPSA) is 3.24 Å². The molecule has 2 aromatic rings. The number of aryl methyl sites for hydroxylation is 1. The summed E-state index contributed by atoms with van der Waals surface area (Å²) < 4.78 is 0. The zero-order valence-corrected chi connectivity index (χ0v) is 20.3. The molecule has 0 saturated heterocycles. The Morgan fingerprint density at radius 1 is 1.03 bits per heavy atom. The first kappa shape index (κ1) is 22.9. The maximum Gasteiger partial charge on any atom is 0.0450 e. The first-order chi connectivity index (χ1) is 14.6. The minimum absolute atomic E-state index is 0.00349. The number of likely N-dealkylation sites (N-methyl/N-ethyl adjacent to an activating group) is 1. The van der Waals surface area contributed by atoms with E-state index < -0.39 is 0 Å². The molecular weight excluding hydrogens is 374 g/mol. The van der Waals surface area contributed by atoms with Crippen LogP contribution in [-0.4, -0.2) is 6.54 Å². The molecule has 0 radical (unpaired) electrons. The van der Waals surface area contributed by atoms with E-state index in [1.54, 1.807) is 0 Å². The van der Waals surface area contributed by atoms with Gasteiger partial charge in [0.2, 0.25) is 0 Å². The van der Waals surface area contributed by atoms with Crippen LogP contribution in [0.1, 0.15) is 58.2 Å². The molecule has 0 saturated carbocycles. The SMILES string of the molecule is C=C(/C=C/C(C)=C/C=C1/N(CC)c2ccccc2C1(C)C)C(C)(C)c1ccccc1C. The van der Waals surface area contributed by atoms with Crippen LogP contribution in [0.15, 0.2) is 96.3 Å². The summed E-state index contributed by atoms with van der Waals surface area (Å²) in [5.74, 6) is 0. The van der Waals surface area contributed by atoms with Gasteiger partial charge in [0.05, 0.1) is 0 Å². The first-order valence-electron chi connectivity index (χ1n) is 11.3. The van der Waals surface area contributed by atoms with E-state index in [9.17, 15) is 0 Å². The van der Waals surface area contributed by atoms with Crippen molar-refractivity contribution >= 4 is 5.69 Å². The second-order valence-corrected chi connectivity index (χ2v) is 9.65. The number of para-hydroxylation sites is 1. The van der Waals surface area contributed by atoms with Crippen LogP contribution in [0.25, 0.3) is 0 Å². The summed E-state index contributed by atoms with van der Waals surface area (Å²) in [4.78, 5) is 2.43. The van der Waals surface area contributed by atoms with Crippen LogP contribution in [0, 0.1) is 6.92 Å². The van der Waals surface area contributed by atoms with Crippen LogP contribution in [0.3, 0.4) is 0 Å². The smallest absolute Gasteiger partial charge is 0.0450 e. The highest BCUT2D eigenvalue weighted by molar-refractivity contribution is 5.70. The number of nitrogens with zero attached hydrogens (tertiary/aromatic N) is 1. The molecule has 1 heteroatoms. The third kappa shape index (κ3) is 4.32. The normalized spacial score (nSPS) is 17.5. The summed E-state index contributed by atoms with van der Waals surface area (Å²) in [6.45, 7) is 21.1. The summed E-state index contributed by atoms with van der Waals surface area (Å²) in [6.07, 6.45) is 8.88. The van der Waals surface area contributed by atoms with Crippen LogP contribution in [0.5, 0.6) is 0 Å². The molecule has 0 atom stereocenters. The molecule has 1 aliphatic rings. The molecule has 0 spiro atoms. The molecule has 0 aliphatic carbocycles. The first-order valence-corrected chi connectivity index (χ1v) is 11.3. The number of rotatable bonds is 6. The monoisotopic (exact) mass is 411 g/mol. The number of hydrogen-bond acceptors (Lipinski definition) is 1. The maximum atomic E-state index is 4.39. The van der Waals surface area contributed by atoms with Crippen LogP contribution < -0.4 is 4.90 Å². The van der Waals surface area contributed by atoms with Crippen molar-refractivity contribution in [3.8, 4) is 0 Å². The van der Waals surface area contributed by atoms with Crippen molar-refractivity contribution in [3.05, 3.63) is 113 Å². The fourth-order valence-corrected chi connectivity index (χ4v) is 4.64. The minimum atomic E-state index is -0.102. The van der Waals surface area contributed by atoms with Crippen molar-refractivity contribution in [2.45, 2.75) is 59.3 Å². The van der Waals surface area contributed by atoms with E-state index in [1.807, 2.05) is 0 Å². The van der Waals surface area contributed by atoms with Gasteiger partial charge in [-0.25, -0.2) is 0 Å². The van der Waals surface area contributed by atoms with Crippen molar-refractivity contribution in [1.29, 1.82) is 0 Å². The lowest BCUT2D eigenvalue weighted by molar-refractivity contribution is 0.634. The molecule has 1 heterocycles. The number of allylic oxidation sites excluding steroid dienone is 7. The quantitative estimate of drug-likeness (QED) is 0.435. The molecule has 0 unspecified atom stereocenters. The Kier molecular flexibility index (Phi) is 6.46. The third-order valence-electron chi connectivity index (χ3n) is 6.79. The van der Waals surface area contributed by atoms with Gasteiger partial charge in [0, 0.05) is 28.8 Å². The Balaban J connectivity index is 1.84. The molecule has 162 valence electrons. The zero-order chi connectivity index (χ0) is 22.8. The lowest BCUT2D eigenvalue weighted by Crippen LogP contribution is -2.25. The summed E-state index contributed by atoms with van der Waals surface area (Å²) in [7, 11) is 0. The second kappa shape index (κ2) is 8.75. The zero-order valence-electron chi connectivity index (χ0n) is 20.3. The maximum absolute atomic E-state index is 4.39. The molecule has 0 N–H and O–H groups in total. The van der Waals surface area contributed by atoms with Crippen molar-refractivity contribution in [2.24, 2.45) is 0 Å². The summed E-state index contributed by atoms with van der Waals surface area (Å²) in [5.41, 5.74) is 8.96. The van der Waals surface area contributed by atoms with E-state index in [0.717, 1.165) is 12.1 Å². The Bertz CT molecular complexity index is 1060. The van der Waals surface area contributed by atoms with Gasteiger partial charge in [0.25, 0.3) is 0 Å². The van der Waals surface area contributed by atoms with Crippen LogP contribution in [-0.2, 0) is 10.8 Å². The van der Waals surface area contributed by atoms with Crippen molar-refractivity contribution in [2.75, 3.05) is 11.4 Å². The third-order valence-corrected chi connectivity index (χ3v) is 6.79. The highest BCUT2D eigenvalue weighted by atomic mass is 15.2. The van der Waals surface area contributed by atoms with Crippen LogP contribution in [0.4, 0.5) is 5.69 Å². The van der Waals surface area contributed by atoms with Gasteiger partial charge in [-0.1, -0.05) is 101 Å². The summed E-state index contributed by atoms with van der Waals surface area (Å²) >= 11 is 0. The lowest BCUT2D eigenvalue weighted by Gasteiger charge is -2.28. The van der Waals surface area contributed by atoms with E-state index in [-0.39, 0.29) is 10.8 Å². The van der Waals surface area contributed by atoms with Gasteiger partial charge in [-0.2, -0.15) is 0 Å². The second-order valence-electron chi connectivity index (χ2n) is 9.65. The Hall–Kier alpha value is -2.80. The largest absolute Gasteiger partial charge is 0.344 e. The molecule has 0 aromatic heterocycles. The summed E-state index contributed by atoms with van der Waals surface area (Å²) in [6, 6.07) is 17.3. The minimum Gasteiger partial charge on any atom is -0.344 e. The molecule has 1 nitrogen and oxygen atoms in total. The average molecular weight is 412 g/mol. The highest BCUT2D eigenvalue weighted by Gasteiger charge is 2.38. The van der Waals surface area contributed by atoms with Crippen LogP contribution >= 0.6 is 0 Å². The fourth-order valence-electron chi connectivity index (χ4n) is 4.64. The molecule has 3 rings (SSSR count). The van der Waals surface area contributed by atoms with Crippen molar-refractivity contribution in [3.63, 3.8) is 0 Å². The Labute approximate surface area is 189 Å². The van der Waals surface area contributed by atoms with Gasteiger partial charge in [0.15, 0.2) is 0 Å². The molecule has 0 amide bonds. The van der Waals surface area contributed by atoms with Gasteiger partial charge in [-0.05, 0) is 55.2 Å². The van der Waals surface area contributed by atoms with E-state index in [0.29, 0.717) is 0 Å². The Morgan fingerprint density at radius 2 is 1.68 bits per heavy atom. The Morgan fingerprint density at radius 3 is 2.35 bits per heavy atom.